The van der Waals surface area contributed by atoms with Crippen molar-refractivity contribution in [3.63, 3.8) is 0 Å². The highest BCUT2D eigenvalue weighted by Gasteiger charge is 1.99. The molecule has 0 saturated carbocycles. The second-order valence-electron chi connectivity index (χ2n) is 4.53. The van der Waals surface area contributed by atoms with Crippen LogP contribution in [0.15, 0.2) is 36.5 Å². The van der Waals surface area contributed by atoms with E-state index in [0.29, 0.717) is 26.4 Å². The fraction of sp³-hybridized carbons (Fsp3) is 0.467. The lowest BCUT2D eigenvalue weighted by Gasteiger charge is -2.06. The molecule has 0 saturated heterocycles. The zero-order chi connectivity index (χ0) is 14.8. The number of hydrogen-bond donors (Lipinski definition) is 1. The molecular weight excluding hydrogens is 268 g/mol. The Hall–Kier alpha value is -1.92. The van der Waals surface area contributed by atoms with E-state index in [4.69, 9.17) is 9.47 Å². The largest absolute Gasteiger partial charge is 0.491 e. The molecule has 0 bridgehead atoms. The topological polar surface area (TPSA) is 61.2 Å². The SMILES string of the molecule is CCNCc1cn(CCOCCOc2ccccc2)nn1. The van der Waals surface area contributed by atoms with Crippen LogP contribution in [0.2, 0.25) is 0 Å². The first-order valence-corrected chi connectivity index (χ1v) is 7.24. The summed E-state index contributed by atoms with van der Waals surface area (Å²) < 4.78 is 12.9. The molecule has 1 N–H and O–H groups in total. The van der Waals surface area contributed by atoms with E-state index in [0.717, 1.165) is 24.5 Å². The molecule has 0 spiro atoms. The van der Waals surface area contributed by atoms with Crippen molar-refractivity contribution in [3.05, 3.63) is 42.2 Å². The molecule has 6 nitrogen and oxygen atoms in total. The Kier molecular flexibility index (Phi) is 6.70. The Morgan fingerprint density at radius 1 is 1.14 bits per heavy atom. The van der Waals surface area contributed by atoms with Gasteiger partial charge in [-0.15, -0.1) is 5.10 Å². The summed E-state index contributed by atoms with van der Waals surface area (Å²) in [7, 11) is 0. The van der Waals surface area contributed by atoms with E-state index in [1.807, 2.05) is 36.5 Å². The summed E-state index contributed by atoms with van der Waals surface area (Å²) in [5, 5.41) is 11.3. The van der Waals surface area contributed by atoms with Gasteiger partial charge >= 0.3 is 0 Å². The molecule has 1 aromatic carbocycles. The fourth-order valence-corrected chi connectivity index (χ4v) is 1.78. The van der Waals surface area contributed by atoms with Crippen LogP contribution in [0.25, 0.3) is 0 Å². The third-order valence-electron chi connectivity index (χ3n) is 2.85. The lowest BCUT2D eigenvalue weighted by molar-refractivity contribution is 0.0923. The van der Waals surface area contributed by atoms with Gasteiger partial charge in [-0.2, -0.15) is 0 Å². The number of rotatable bonds is 10. The number of hydrogen-bond acceptors (Lipinski definition) is 5. The quantitative estimate of drug-likeness (QED) is 0.672. The van der Waals surface area contributed by atoms with E-state index in [9.17, 15) is 0 Å². The van der Waals surface area contributed by atoms with Crippen LogP contribution in [-0.4, -0.2) is 41.4 Å². The Bertz CT molecular complexity index is 501. The van der Waals surface area contributed by atoms with Gasteiger partial charge in [-0.3, -0.25) is 0 Å². The summed E-state index contributed by atoms with van der Waals surface area (Å²) in [4.78, 5) is 0. The van der Waals surface area contributed by atoms with Gasteiger partial charge in [0.05, 0.1) is 25.5 Å². The second kappa shape index (κ2) is 9.10. The summed E-state index contributed by atoms with van der Waals surface area (Å²) in [6.45, 7) is 6.16. The van der Waals surface area contributed by atoms with Gasteiger partial charge in [0.15, 0.2) is 0 Å². The Balaban J connectivity index is 1.54. The van der Waals surface area contributed by atoms with Gasteiger partial charge in [-0.25, -0.2) is 4.68 Å². The molecule has 0 atom stereocenters. The maximum atomic E-state index is 5.54. The minimum absolute atomic E-state index is 0.549. The third-order valence-corrected chi connectivity index (χ3v) is 2.85. The minimum atomic E-state index is 0.549. The Morgan fingerprint density at radius 3 is 2.81 bits per heavy atom. The first-order valence-electron chi connectivity index (χ1n) is 7.24. The zero-order valence-corrected chi connectivity index (χ0v) is 12.4. The molecular formula is C15H22N4O2. The highest BCUT2D eigenvalue weighted by Crippen LogP contribution is 2.07. The van der Waals surface area contributed by atoms with E-state index in [2.05, 4.69) is 22.6 Å². The lowest BCUT2D eigenvalue weighted by Crippen LogP contribution is -2.12. The van der Waals surface area contributed by atoms with Crippen molar-refractivity contribution < 1.29 is 9.47 Å². The van der Waals surface area contributed by atoms with Crippen molar-refractivity contribution in [2.24, 2.45) is 0 Å². The first-order chi connectivity index (χ1) is 10.4. The van der Waals surface area contributed by atoms with Gasteiger partial charge in [0, 0.05) is 12.7 Å². The van der Waals surface area contributed by atoms with Crippen LogP contribution in [0.4, 0.5) is 0 Å². The van der Waals surface area contributed by atoms with E-state index in [1.54, 1.807) is 4.68 Å². The van der Waals surface area contributed by atoms with E-state index in [-0.39, 0.29) is 0 Å². The van der Waals surface area contributed by atoms with Crippen molar-refractivity contribution in [1.82, 2.24) is 20.3 Å². The van der Waals surface area contributed by atoms with Crippen molar-refractivity contribution in [3.8, 4) is 5.75 Å². The number of ether oxygens (including phenoxy) is 2. The molecule has 0 amide bonds. The molecule has 6 heteroatoms. The van der Waals surface area contributed by atoms with Crippen molar-refractivity contribution in [1.29, 1.82) is 0 Å². The number of benzene rings is 1. The molecule has 114 valence electrons. The smallest absolute Gasteiger partial charge is 0.119 e. The molecule has 2 rings (SSSR count). The van der Waals surface area contributed by atoms with Crippen molar-refractivity contribution >= 4 is 0 Å². The highest BCUT2D eigenvalue weighted by molar-refractivity contribution is 5.20. The average Bonchev–Trinajstić information content (AvgIpc) is 2.97. The molecule has 1 aromatic heterocycles. The predicted octanol–water partition coefficient (Wildman–Crippen LogP) is 1.48. The van der Waals surface area contributed by atoms with Crippen LogP contribution in [0, 0.1) is 0 Å². The standard InChI is InChI=1S/C15H22N4O2/c1-2-16-12-14-13-19(18-17-14)8-9-20-10-11-21-15-6-4-3-5-7-15/h3-7,13,16H,2,8-12H2,1H3. The van der Waals surface area contributed by atoms with Crippen LogP contribution in [-0.2, 0) is 17.8 Å². The predicted molar refractivity (Wildman–Crippen MR) is 80.2 cm³/mol. The van der Waals surface area contributed by atoms with E-state index >= 15 is 0 Å². The summed E-state index contributed by atoms with van der Waals surface area (Å²) in [6.07, 6.45) is 1.94. The maximum Gasteiger partial charge on any atom is 0.119 e. The van der Waals surface area contributed by atoms with Gasteiger partial charge < -0.3 is 14.8 Å². The van der Waals surface area contributed by atoms with Gasteiger partial charge in [0.25, 0.3) is 0 Å². The summed E-state index contributed by atoms with van der Waals surface area (Å²) >= 11 is 0. The molecule has 0 aliphatic rings. The number of nitrogens with zero attached hydrogens (tertiary/aromatic N) is 3. The average molecular weight is 290 g/mol. The number of para-hydroxylation sites is 1. The molecule has 0 unspecified atom stereocenters. The van der Waals surface area contributed by atoms with Crippen molar-refractivity contribution in [2.75, 3.05) is 26.4 Å². The monoisotopic (exact) mass is 290 g/mol. The molecule has 0 aliphatic carbocycles. The molecule has 1 heterocycles. The third kappa shape index (κ3) is 5.93. The number of aromatic nitrogens is 3. The van der Waals surface area contributed by atoms with Crippen LogP contribution in [0.1, 0.15) is 12.6 Å². The van der Waals surface area contributed by atoms with Gasteiger partial charge in [0.1, 0.15) is 12.4 Å². The molecule has 0 fully saturated rings. The van der Waals surface area contributed by atoms with E-state index in [1.165, 1.54) is 0 Å². The molecule has 0 radical (unpaired) electrons. The highest BCUT2D eigenvalue weighted by atomic mass is 16.5. The summed E-state index contributed by atoms with van der Waals surface area (Å²) in [5.74, 6) is 0.866. The fourth-order valence-electron chi connectivity index (χ4n) is 1.78. The molecule has 21 heavy (non-hydrogen) atoms. The Labute approximate surface area is 125 Å². The summed E-state index contributed by atoms with van der Waals surface area (Å²) in [5.41, 5.74) is 0.948. The number of nitrogens with one attached hydrogen (secondary N) is 1. The van der Waals surface area contributed by atoms with Gasteiger partial charge in [-0.05, 0) is 18.7 Å². The minimum Gasteiger partial charge on any atom is -0.491 e. The lowest BCUT2D eigenvalue weighted by atomic mass is 10.3. The van der Waals surface area contributed by atoms with Crippen LogP contribution in [0.5, 0.6) is 5.75 Å². The zero-order valence-electron chi connectivity index (χ0n) is 12.4. The van der Waals surface area contributed by atoms with Gasteiger partial charge in [0.2, 0.25) is 0 Å². The normalized spacial score (nSPS) is 10.7. The van der Waals surface area contributed by atoms with Crippen LogP contribution < -0.4 is 10.1 Å². The van der Waals surface area contributed by atoms with Crippen molar-refractivity contribution in [2.45, 2.75) is 20.0 Å². The van der Waals surface area contributed by atoms with Gasteiger partial charge in [-0.1, -0.05) is 30.3 Å². The first kappa shape index (κ1) is 15.5. The second-order valence-corrected chi connectivity index (χ2v) is 4.53. The van der Waals surface area contributed by atoms with Crippen LogP contribution >= 0.6 is 0 Å². The van der Waals surface area contributed by atoms with Crippen LogP contribution in [0.3, 0.4) is 0 Å². The summed E-state index contributed by atoms with van der Waals surface area (Å²) in [6, 6.07) is 9.73. The molecule has 2 aromatic rings. The van der Waals surface area contributed by atoms with E-state index < -0.39 is 0 Å². The Morgan fingerprint density at radius 2 is 2.00 bits per heavy atom. The maximum absolute atomic E-state index is 5.54. The molecule has 0 aliphatic heterocycles.